The molecule has 3 aromatic rings. The normalized spacial score (nSPS) is 15.6. The Morgan fingerprint density at radius 1 is 0.697 bits per heavy atom. The van der Waals surface area contributed by atoms with Crippen molar-refractivity contribution >= 4 is 35.7 Å². The summed E-state index contributed by atoms with van der Waals surface area (Å²) in [5.74, 6) is 0. The van der Waals surface area contributed by atoms with Crippen LogP contribution in [0.5, 0.6) is 0 Å². The minimum absolute atomic E-state index is 0.0584. The Morgan fingerprint density at radius 2 is 1.15 bits per heavy atom. The highest BCUT2D eigenvalue weighted by atomic mass is 16.6. The van der Waals surface area contributed by atoms with Gasteiger partial charge in [-0.1, -0.05) is 112 Å². The molecule has 0 atom stereocenters. The van der Waals surface area contributed by atoms with Crippen LogP contribution >= 0.6 is 0 Å². The average Bonchev–Trinajstić information content (AvgIpc) is 2.71. The molecule has 1 heterocycles. The molecule has 1 aliphatic heterocycles. The molecule has 0 radical (unpaired) electrons. The van der Waals surface area contributed by atoms with E-state index >= 15 is 0 Å². The number of hydrogen-bond acceptors (Lipinski definition) is 2. The van der Waals surface area contributed by atoms with E-state index < -0.39 is 0 Å². The van der Waals surface area contributed by atoms with E-state index in [0.29, 0.717) is 13.2 Å². The first-order valence-electron chi connectivity index (χ1n) is 12.0. The van der Waals surface area contributed by atoms with Crippen molar-refractivity contribution in [1.29, 1.82) is 0 Å². The highest BCUT2D eigenvalue weighted by molar-refractivity contribution is 6.96. The summed E-state index contributed by atoms with van der Waals surface area (Å²) in [5, 5.41) is 0. The number of hydrogen-bond donors (Lipinski definition) is 0. The Bertz CT molecular complexity index is 1070. The quantitative estimate of drug-likeness (QED) is 0.577. The SMILES string of the molecule is Cc1cc(C)c(B(c2cccc(B3OCC(C)(C)CO3)c2)c2c(C)cc(C)cc2C)c(C)c1. The van der Waals surface area contributed by atoms with Crippen molar-refractivity contribution in [2.75, 3.05) is 13.2 Å². The third-order valence-electron chi connectivity index (χ3n) is 6.82. The smallest absolute Gasteiger partial charge is 0.407 e. The van der Waals surface area contributed by atoms with Crippen LogP contribution in [-0.4, -0.2) is 27.0 Å². The summed E-state index contributed by atoms with van der Waals surface area (Å²) in [6.07, 6.45) is 0. The molecule has 0 saturated carbocycles. The lowest BCUT2D eigenvalue weighted by Gasteiger charge is -2.33. The predicted molar refractivity (Wildman–Crippen MR) is 143 cm³/mol. The standard InChI is InChI=1S/C29H36B2O2/c1-19-12-21(3)27(22(4)13-19)30(28-23(5)14-20(2)15-24(28)6)25-10-9-11-26(16-25)31-32-17-29(7,8)18-33-31/h9-16H,17-18H2,1-8H3. The van der Waals surface area contributed by atoms with Crippen molar-refractivity contribution < 1.29 is 9.31 Å². The maximum atomic E-state index is 6.13. The Labute approximate surface area is 200 Å². The molecule has 0 aromatic heterocycles. The van der Waals surface area contributed by atoms with E-state index in [9.17, 15) is 0 Å². The molecule has 0 bridgehead atoms. The Balaban J connectivity index is 1.87. The molecule has 0 unspecified atom stereocenters. The van der Waals surface area contributed by atoms with Gasteiger partial charge in [0.1, 0.15) is 0 Å². The van der Waals surface area contributed by atoms with Crippen LogP contribution in [0.25, 0.3) is 0 Å². The molecule has 1 fully saturated rings. The Morgan fingerprint density at radius 3 is 1.61 bits per heavy atom. The first-order valence-corrected chi connectivity index (χ1v) is 12.0. The van der Waals surface area contributed by atoms with Crippen LogP contribution < -0.4 is 21.9 Å². The third-order valence-corrected chi connectivity index (χ3v) is 6.82. The molecule has 3 aromatic carbocycles. The minimum atomic E-state index is -0.306. The van der Waals surface area contributed by atoms with Gasteiger partial charge in [-0.3, -0.25) is 0 Å². The van der Waals surface area contributed by atoms with Gasteiger partial charge in [-0.15, -0.1) is 0 Å². The molecule has 4 heteroatoms. The van der Waals surface area contributed by atoms with Crippen LogP contribution in [-0.2, 0) is 9.31 Å². The van der Waals surface area contributed by atoms with E-state index in [2.05, 4.69) is 104 Å². The summed E-state index contributed by atoms with van der Waals surface area (Å²) in [5.41, 5.74) is 13.2. The van der Waals surface area contributed by atoms with E-state index in [1.165, 1.54) is 49.8 Å². The van der Waals surface area contributed by atoms with Crippen molar-refractivity contribution in [3.63, 3.8) is 0 Å². The summed E-state index contributed by atoms with van der Waals surface area (Å²) in [4.78, 5) is 0. The van der Waals surface area contributed by atoms with Gasteiger partial charge in [0.15, 0.2) is 0 Å². The Kier molecular flexibility index (Phi) is 6.62. The summed E-state index contributed by atoms with van der Waals surface area (Å²) in [7, 11) is -0.306. The van der Waals surface area contributed by atoms with Crippen LogP contribution in [0.3, 0.4) is 0 Å². The second kappa shape index (κ2) is 9.16. The zero-order valence-corrected chi connectivity index (χ0v) is 21.5. The molecular formula is C29H36B2O2. The van der Waals surface area contributed by atoms with Crippen molar-refractivity contribution in [1.82, 2.24) is 0 Å². The first-order chi connectivity index (χ1) is 15.6. The van der Waals surface area contributed by atoms with Crippen LogP contribution in [0.4, 0.5) is 0 Å². The second-order valence-corrected chi connectivity index (χ2v) is 10.8. The lowest BCUT2D eigenvalue weighted by Crippen LogP contribution is -2.57. The second-order valence-electron chi connectivity index (χ2n) is 10.8. The molecule has 170 valence electrons. The fourth-order valence-electron chi connectivity index (χ4n) is 5.54. The monoisotopic (exact) mass is 438 g/mol. The first kappa shape index (κ1) is 23.9. The van der Waals surface area contributed by atoms with Crippen LogP contribution in [0.2, 0.25) is 0 Å². The summed E-state index contributed by atoms with van der Waals surface area (Å²) >= 11 is 0. The molecule has 4 rings (SSSR count). The van der Waals surface area contributed by atoms with Gasteiger partial charge in [-0.05, 0) is 47.0 Å². The van der Waals surface area contributed by atoms with E-state index in [1.807, 2.05) is 0 Å². The van der Waals surface area contributed by atoms with E-state index in [1.54, 1.807) is 0 Å². The van der Waals surface area contributed by atoms with Gasteiger partial charge in [0, 0.05) is 18.6 Å². The van der Waals surface area contributed by atoms with Gasteiger partial charge in [0.2, 0.25) is 6.71 Å². The fraction of sp³-hybridized carbons (Fsp3) is 0.379. The van der Waals surface area contributed by atoms with E-state index in [4.69, 9.17) is 9.31 Å². The van der Waals surface area contributed by atoms with Crippen molar-refractivity contribution in [2.24, 2.45) is 5.41 Å². The van der Waals surface area contributed by atoms with Crippen LogP contribution in [0.1, 0.15) is 47.2 Å². The molecule has 1 saturated heterocycles. The van der Waals surface area contributed by atoms with Gasteiger partial charge >= 0.3 is 7.12 Å². The highest BCUT2D eigenvalue weighted by Crippen LogP contribution is 2.21. The van der Waals surface area contributed by atoms with Gasteiger partial charge in [-0.25, -0.2) is 0 Å². The molecule has 33 heavy (non-hydrogen) atoms. The van der Waals surface area contributed by atoms with Gasteiger partial charge in [-0.2, -0.15) is 0 Å². The number of rotatable bonds is 4. The Hall–Kier alpha value is -2.29. The lowest BCUT2D eigenvalue weighted by atomic mass is 9.34. The van der Waals surface area contributed by atoms with Gasteiger partial charge < -0.3 is 9.31 Å². The molecular weight excluding hydrogens is 402 g/mol. The van der Waals surface area contributed by atoms with E-state index in [-0.39, 0.29) is 19.2 Å². The zero-order chi connectivity index (χ0) is 23.9. The zero-order valence-electron chi connectivity index (χ0n) is 21.5. The van der Waals surface area contributed by atoms with E-state index in [0.717, 1.165) is 5.46 Å². The van der Waals surface area contributed by atoms with Gasteiger partial charge in [0.25, 0.3) is 0 Å². The largest absolute Gasteiger partial charge is 0.493 e. The molecule has 2 nitrogen and oxygen atoms in total. The molecule has 0 aliphatic carbocycles. The van der Waals surface area contributed by atoms with Crippen molar-refractivity contribution in [3.8, 4) is 0 Å². The lowest BCUT2D eigenvalue weighted by molar-refractivity contribution is 0.0343. The molecule has 0 amide bonds. The highest BCUT2D eigenvalue weighted by Gasteiger charge is 2.35. The maximum absolute atomic E-state index is 6.13. The molecule has 1 aliphatic rings. The summed E-state index contributed by atoms with van der Waals surface area (Å²) in [6.45, 7) is 19.3. The molecule has 0 N–H and O–H groups in total. The minimum Gasteiger partial charge on any atom is -0.407 e. The van der Waals surface area contributed by atoms with Crippen molar-refractivity contribution in [2.45, 2.75) is 55.4 Å². The summed E-state index contributed by atoms with van der Waals surface area (Å²) in [6, 6.07) is 18.1. The summed E-state index contributed by atoms with van der Waals surface area (Å²) < 4.78 is 12.3. The maximum Gasteiger partial charge on any atom is 0.493 e. The third kappa shape index (κ3) is 4.98. The predicted octanol–water partition coefficient (Wildman–Crippen LogP) is 3.82. The fourth-order valence-corrected chi connectivity index (χ4v) is 5.54. The number of aryl methyl sites for hydroxylation is 6. The van der Waals surface area contributed by atoms with Gasteiger partial charge in [0.05, 0.1) is 0 Å². The number of benzene rings is 3. The average molecular weight is 438 g/mol. The van der Waals surface area contributed by atoms with Crippen LogP contribution in [0.15, 0.2) is 48.5 Å². The molecule has 0 spiro atoms. The topological polar surface area (TPSA) is 18.5 Å². The van der Waals surface area contributed by atoms with Crippen molar-refractivity contribution in [3.05, 3.63) is 81.9 Å². The van der Waals surface area contributed by atoms with Crippen LogP contribution in [0, 0.1) is 47.0 Å².